The number of hydrogen-bond acceptors (Lipinski definition) is 2. The lowest BCUT2D eigenvalue weighted by molar-refractivity contribution is -0.125. The van der Waals surface area contributed by atoms with Gasteiger partial charge in [-0.2, -0.15) is 0 Å². The second-order valence-corrected chi connectivity index (χ2v) is 5.91. The first-order chi connectivity index (χ1) is 10.6. The van der Waals surface area contributed by atoms with E-state index in [0.29, 0.717) is 0 Å². The van der Waals surface area contributed by atoms with Gasteiger partial charge in [0.05, 0.1) is 11.4 Å². The number of para-hydroxylation sites is 1. The molecule has 0 aliphatic carbocycles. The van der Waals surface area contributed by atoms with Crippen molar-refractivity contribution in [2.45, 2.75) is 10.8 Å². The molecule has 0 radical (unpaired) electrons. The highest BCUT2D eigenvalue weighted by Crippen LogP contribution is 2.38. The molecule has 3 rings (SSSR count). The summed E-state index contributed by atoms with van der Waals surface area (Å²) in [6.07, 6.45) is -0.125. The minimum absolute atomic E-state index is 0.125. The maximum atomic E-state index is 12.6. The van der Waals surface area contributed by atoms with Crippen LogP contribution in [0.4, 0.5) is 17.1 Å². The third kappa shape index (κ3) is 2.61. The summed E-state index contributed by atoms with van der Waals surface area (Å²) < 4.78 is 0.847. The van der Waals surface area contributed by atoms with Gasteiger partial charge in [0, 0.05) is 17.2 Å². The molecule has 0 atom stereocenters. The van der Waals surface area contributed by atoms with Gasteiger partial charge in [0.15, 0.2) is 0 Å². The van der Waals surface area contributed by atoms with Crippen molar-refractivity contribution >= 4 is 51.5 Å². The van der Waals surface area contributed by atoms with Gasteiger partial charge in [-0.25, -0.2) is 0 Å². The molecule has 22 heavy (non-hydrogen) atoms. The Morgan fingerprint density at radius 2 is 1.73 bits per heavy atom. The van der Waals surface area contributed by atoms with E-state index in [-0.39, 0.29) is 18.2 Å². The molecule has 112 valence electrons. The number of carbonyl (C=O) groups excluding carboxylic acids is 2. The molecule has 0 saturated carbocycles. The number of benzene rings is 2. The summed E-state index contributed by atoms with van der Waals surface area (Å²) in [6, 6.07) is 15.3. The molecular weight excluding hydrogens is 391 g/mol. The lowest BCUT2D eigenvalue weighted by Crippen LogP contribution is -2.28. The molecular formula is C17H15IN2O2. The molecule has 0 saturated heterocycles. The van der Waals surface area contributed by atoms with E-state index in [0.717, 1.165) is 27.1 Å². The van der Waals surface area contributed by atoms with Crippen LogP contribution in [0.1, 0.15) is 12.0 Å². The normalized spacial score (nSPS) is 14.8. The third-order valence-electron chi connectivity index (χ3n) is 3.74. The number of amides is 2. The lowest BCUT2D eigenvalue weighted by atomic mass is 10.1. The van der Waals surface area contributed by atoms with Gasteiger partial charge in [-0.3, -0.25) is 14.5 Å². The van der Waals surface area contributed by atoms with Crippen molar-refractivity contribution in [2.24, 2.45) is 0 Å². The molecule has 1 heterocycles. The zero-order valence-electron chi connectivity index (χ0n) is 12.1. The molecule has 0 bridgehead atoms. The fraction of sp³-hybridized carbons (Fsp3) is 0.176. The smallest absolute Gasteiger partial charge is 0.241 e. The minimum Gasteiger partial charge on any atom is -0.313 e. The van der Waals surface area contributed by atoms with E-state index >= 15 is 0 Å². The highest BCUT2D eigenvalue weighted by molar-refractivity contribution is 14.1. The predicted octanol–water partition coefficient (Wildman–Crippen LogP) is 3.65. The Labute approximate surface area is 142 Å². The van der Waals surface area contributed by atoms with Gasteiger partial charge in [0.1, 0.15) is 6.42 Å². The number of nitrogens with zero attached hydrogens (tertiary/aromatic N) is 2. The van der Waals surface area contributed by atoms with Crippen molar-refractivity contribution in [3.63, 3.8) is 0 Å². The molecule has 5 heteroatoms. The first kappa shape index (κ1) is 15.0. The Bertz CT molecular complexity index is 731. The van der Waals surface area contributed by atoms with E-state index in [1.807, 2.05) is 48.5 Å². The number of alkyl halides is 1. The summed E-state index contributed by atoms with van der Waals surface area (Å²) in [6.45, 7) is 0. The Morgan fingerprint density at radius 1 is 1.00 bits per heavy atom. The van der Waals surface area contributed by atoms with Gasteiger partial charge < -0.3 is 4.90 Å². The molecule has 0 spiro atoms. The molecule has 0 aromatic heterocycles. The summed E-state index contributed by atoms with van der Waals surface area (Å²) in [4.78, 5) is 28.0. The first-order valence-corrected chi connectivity index (χ1v) is 8.48. The van der Waals surface area contributed by atoms with Gasteiger partial charge >= 0.3 is 0 Å². The highest BCUT2D eigenvalue weighted by Gasteiger charge is 2.30. The van der Waals surface area contributed by atoms with Crippen molar-refractivity contribution in [3.8, 4) is 0 Å². The van der Waals surface area contributed by atoms with Gasteiger partial charge in [0.25, 0.3) is 0 Å². The van der Waals surface area contributed by atoms with Crippen LogP contribution in [-0.4, -0.2) is 18.9 Å². The van der Waals surface area contributed by atoms with Crippen LogP contribution in [0.2, 0.25) is 0 Å². The molecule has 0 unspecified atom stereocenters. The molecule has 2 aromatic carbocycles. The van der Waals surface area contributed by atoms with Crippen LogP contribution < -0.4 is 9.80 Å². The van der Waals surface area contributed by atoms with E-state index in [1.165, 1.54) is 0 Å². The fourth-order valence-corrected chi connectivity index (χ4v) is 3.05. The van der Waals surface area contributed by atoms with E-state index < -0.39 is 0 Å². The minimum atomic E-state index is -0.201. The van der Waals surface area contributed by atoms with Crippen LogP contribution in [0, 0.1) is 0 Å². The summed E-state index contributed by atoms with van der Waals surface area (Å²) in [5.41, 5.74) is 3.42. The van der Waals surface area contributed by atoms with Crippen LogP contribution >= 0.6 is 22.6 Å². The molecule has 0 fully saturated rings. The van der Waals surface area contributed by atoms with Crippen molar-refractivity contribution in [3.05, 3.63) is 54.1 Å². The number of hydrogen-bond donors (Lipinski definition) is 0. The van der Waals surface area contributed by atoms with E-state index in [1.54, 1.807) is 16.8 Å². The van der Waals surface area contributed by atoms with E-state index in [2.05, 4.69) is 22.6 Å². The number of fused-ring (bicyclic) bond motifs is 1. The Morgan fingerprint density at radius 3 is 2.41 bits per heavy atom. The molecule has 2 amide bonds. The zero-order chi connectivity index (χ0) is 15.7. The fourth-order valence-electron chi connectivity index (χ4n) is 2.57. The Hall–Kier alpha value is -1.89. The number of anilines is 3. The average Bonchev–Trinajstić information content (AvgIpc) is 2.63. The Balaban J connectivity index is 2.23. The largest absolute Gasteiger partial charge is 0.313 e. The summed E-state index contributed by atoms with van der Waals surface area (Å²) in [5.74, 6) is -0.390. The second-order valence-electron chi connectivity index (χ2n) is 5.15. The lowest BCUT2D eigenvalue weighted by Gasteiger charge is -2.24. The molecule has 2 aromatic rings. The van der Waals surface area contributed by atoms with Gasteiger partial charge in [-0.15, -0.1) is 0 Å². The van der Waals surface area contributed by atoms with Crippen molar-refractivity contribution < 1.29 is 9.59 Å². The first-order valence-electron chi connectivity index (χ1n) is 6.95. The molecule has 0 N–H and O–H groups in total. The van der Waals surface area contributed by atoms with Crippen LogP contribution in [0.15, 0.2) is 48.5 Å². The quantitative estimate of drug-likeness (QED) is 0.434. The van der Waals surface area contributed by atoms with Gasteiger partial charge in [0.2, 0.25) is 11.8 Å². The standard InChI is InChI=1S/C17H15IN2O2/c1-19-14-8-7-12(11-18)9-15(14)20(17(22)10-16(19)21)13-5-3-2-4-6-13/h2-9H,10-11H2,1H3. The van der Waals surface area contributed by atoms with Crippen LogP contribution in [-0.2, 0) is 14.0 Å². The summed E-state index contributed by atoms with van der Waals surface area (Å²) >= 11 is 2.29. The van der Waals surface area contributed by atoms with Gasteiger partial charge in [-0.05, 0) is 29.8 Å². The van der Waals surface area contributed by atoms with Gasteiger partial charge in [-0.1, -0.05) is 46.9 Å². The summed E-state index contributed by atoms with van der Waals surface area (Å²) in [7, 11) is 1.71. The summed E-state index contributed by atoms with van der Waals surface area (Å²) in [5, 5.41) is 0. The second kappa shape index (κ2) is 6.08. The monoisotopic (exact) mass is 406 g/mol. The number of halogens is 1. The predicted molar refractivity (Wildman–Crippen MR) is 95.8 cm³/mol. The number of carbonyl (C=O) groups is 2. The maximum absolute atomic E-state index is 12.6. The molecule has 1 aliphatic heterocycles. The van der Waals surface area contributed by atoms with E-state index in [4.69, 9.17) is 0 Å². The SMILES string of the molecule is CN1C(=O)CC(=O)N(c2ccccc2)c2cc(CI)ccc21. The molecule has 1 aliphatic rings. The van der Waals surface area contributed by atoms with Crippen molar-refractivity contribution in [2.75, 3.05) is 16.8 Å². The third-order valence-corrected chi connectivity index (χ3v) is 4.62. The number of rotatable bonds is 2. The van der Waals surface area contributed by atoms with Crippen molar-refractivity contribution in [1.82, 2.24) is 0 Å². The zero-order valence-corrected chi connectivity index (χ0v) is 14.3. The maximum Gasteiger partial charge on any atom is 0.241 e. The topological polar surface area (TPSA) is 40.6 Å². The van der Waals surface area contributed by atoms with Crippen LogP contribution in [0.3, 0.4) is 0 Å². The molecule has 4 nitrogen and oxygen atoms in total. The van der Waals surface area contributed by atoms with Crippen molar-refractivity contribution in [1.29, 1.82) is 0 Å². The van der Waals surface area contributed by atoms with Crippen LogP contribution in [0.25, 0.3) is 0 Å². The Kier molecular flexibility index (Phi) is 4.15. The van der Waals surface area contributed by atoms with Crippen LogP contribution in [0.5, 0.6) is 0 Å². The van der Waals surface area contributed by atoms with E-state index in [9.17, 15) is 9.59 Å². The average molecular weight is 406 g/mol. The highest BCUT2D eigenvalue weighted by atomic mass is 127.